The van der Waals surface area contributed by atoms with E-state index in [0.717, 1.165) is 36.5 Å². The number of esters is 1. The molecule has 0 aromatic heterocycles. The number of hydrogen-bond acceptors (Lipinski definition) is 4. The Labute approximate surface area is 141 Å². The molecule has 2 aliphatic heterocycles. The lowest BCUT2D eigenvalue weighted by Crippen LogP contribution is -2.45. The maximum atomic E-state index is 13.4. The molecule has 128 valence electrons. The largest absolute Gasteiger partial charge is 0.466 e. The molecule has 0 aliphatic carbocycles. The second-order valence-corrected chi connectivity index (χ2v) is 6.64. The summed E-state index contributed by atoms with van der Waals surface area (Å²) in [4.78, 5) is 17.2. The fourth-order valence-corrected chi connectivity index (χ4v) is 3.67. The summed E-state index contributed by atoms with van der Waals surface area (Å²) in [6.07, 6.45) is 1.93. The summed E-state index contributed by atoms with van der Waals surface area (Å²) >= 11 is 0. The van der Waals surface area contributed by atoms with Gasteiger partial charge >= 0.3 is 5.97 Å². The molecule has 5 heteroatoms. The van der Waals surface area contributed by atoms with E-state index < -0.39 is 0 Å². The van der Waals surface area contributed by atoms with Gasteiger partial charge in [-0.3, -0.25) is 4.99 Å². The summed E-state index contributed by atoms with van der Waals surface area (Å²) in [7, 11) is 1.40. The summed E-state index contributed by atoms with van der Waals surface area (Å²) in [6.45, 7) is 4.88. The highest BCUT2D eigenvalue weighted by molar-refractivity contribution is 5.98. The summed E-state index contributed by atoms with van der Waals surface area (Å²) in [5, 5.41) is 3.39. The van der Waals surface area contributed by atoms with Crippen molar-refractivity contribution in [2.24, 2.45) is 16.8 Å². The van der Waals surface area contributed by atoms with E-state index in [2.05, 4.69) is 10.3 Å². The maximum Gasteiger partial charge on any atom is 0.336 e. The molecule has 0 spiro atoms. The average Bonchev–Trinajstić information content (AvgIpc) is 2.60. The van der Waals surface area contributed by atoms with Crippen LogP contribution in [0, 0.1) is 17.7 Å². The Morgan fingerprint density at radius 2 is 2.04 bits per heavy atom. The molecular formula is C19H23FN2O2. The Kier molecular flexibility index (Phi) is 4.69. The van der Waals surface area contributed by atoms with Crippen LogP contribution in [0.2, 0.25) is 0 Å². The third-order valence-electron chi connectivity index (χ3n) is 4.78. The number of carbonyl (C=O) groups excluding carboxylic acids is 1. The fraction of sp³-hybridized carbons (Fsp3) is 0.474. The van der Waals surface area contributed by atoms with Gasteiger partial charge in [-0.1, -0.05) is 26.0 Å². The molecule has 1 aromatic carbocycles. The molecule has 0 fully saturated rings. The van der Waals surface area contributed by atoms with Gasteiger partial charge in [0.05, 0.1) is 12.7 Å². The van der Waals surface area contributed by atoms with Crippen molar-refractivity contribution < 1.29 is 13.9 Å². The third-order valence-corrected chi connectivity index (χ3v) is 4.78. The van der Waals surface area contributed by atoms with Gasteiger partial charge in [0.25, 0.3) is 0 Å². The molecule has 2 atom stereocenters. The lowest BCUT2D eigenvalue weighted by molar-refractivity contribution is -0.136. The van der Waals surface area contributed by atoms with Crippen LogP contribution in [0.4, 0.5) is 4.39 Å². The van der Waals surface area contributed by atoms with Crippen molar-refractivity contribution in [1.82, 2.24) is 5.32 Å². The summed E-state index contributed by atoms with van der Waals surface area (Å²) < 4.78 is 18.4. The Bertz CT molecular complexity index is 692. The Morgan fingerprint density at radius 1 is 1.33 bits per heavy atom. The lowest BCUT2D eigenvalue weighted by atomic mass is 9.72. The van der Waals surface area contributed by atoms with E-state index in [0.29, 0.717) is 5.57 Å². The predicted molar refractivity (Wildman–Crippen MR) is 91.2 cm³/mol. The normalized spacial score (nSPS) is 23.5. The Balaban J connectivity index is 2.18. The van der Waals surface area contributed by atoms with Gasteiger partial charge in [-0.25, -0.2) is 9.18 Å². The Hall–Kier alpha value is -2.17. The number of hydrogen-bond donors (Lipinski definition) is 1. The minimum atomic E-state index is -0.329. The molecule has 0 amide bonds. The van der Waals surface area contributed by atoms with Crippen LogP contribution in [0.25, 0.3) is 0 Å². The first-order valence-electron chi connectivity index (χ1n) is 8.42. The van der Waals surface area contributed by atoms with Crippen molar-refractivity contribution in [3.63, 3.8) is 0 Å². The summed E-state index contributed by atoms with van der Waals surface area (Å²) in [5.74, 6) is 0.402. The predicted octanol–water partition coefficient (Wildman–Crippen LogP) is 3.40. The van der Waals surface area contributed by atoms with Gasteiger partial charge < -0.3 is 10.1 Å². The quantitative estimate of drug-likeness (QED) is 0.864. The molecule has 0 radical (unpaired) electrons. The van der Waals surface area contributed by atoms with E-state index in [1.165, 1.54) is 19.2 Å². The number of nitrogens with zero attached hydrogens (tertiary/aromatic N) is 1. The molecule has 1 aromatic rings. The number of aliphatic imine (C=N–C) groups is 1. The van der Waals surface area contributed by atoms with Gasteiger partial charge in [0.15, 0.2) is 0 Å². The zero-order chi connectivity index (χ0) is 17.3. The minimum absolute atomic E-state index is 0.0980. The molecule has 1 N–H and O–H groups in total. The maximum absolute atomic E-state index is 13.4. The average molecular weight is 330 g/mol. The zero-order valence-electron chi connectivity index (χ0n) is 14.3. The number of amidine groups is 1. The monoisotopic (exact) mass is 330 g/mol. The third kappa shape index (κ3) is 2.95. The molecule has 2 heterocycles. The number of rotatable bonds is 3. The molecule has 0 bridgehead atoms. The Morgan fingerprint density at radius 3 is 2.67 bits per heavy atom. The first-order chi connectivity index (χ1) is 11.5. The highest BCUT2D eigenvalue weighted by atomic mass is 19.1. The number of ether oxygens (including phenoxy) is 1. The number of fused-ring (bicyclic) bond motifs is 1. The van der Waals surface area contributed by atoms with Gasteiger partial charge in [-0.15, -0.1) is 0 Å². The van der Waals surface area contributed by atoms with Crippen molar-refractivity contribution in [1.29, 1.82) is 0 Å². The number of carbonyl (C=O) groups is 1. The number of methoxy groups -OCH3 is 1. The lowest BCUT2D eigenvalue weighted by Gasteiger charge is -2.39. The molecule has 0 saturated carbocycles. The number of benzene rings is 1. The van der Waals surface area contributed by atoms with Crippen LogP contribution in [-0.2, 0) is 9.53 Å². The molecule has 0 saturated heterocycles. The van der Waals surface area contributed by atoms with Gasteiger partial charge in [-0.2, -0.15) is 0 Å². The zero-order valence-corrected chi connectivity index (χ0v) is 14.3. The smallest absolute Gasteiger partial charge is 0.336 e. The molecule has 24 heavy (non-hydrogen) atoms. The first-order valence-corrected chi connectivity index (χ1v) is 8.42. The van der Waals surface area contributed by atoms with Crippen molar-refractivity contribution in [2.45, 2.75) is 32.6 Å². The van der Waals surface area contributed by atoms with Gasteiger partial charge in [-0.05, 0) is 36.5 Å². The van der Waals surface area contributed by atoms with Crippen LogP contribution in [0.5, 0.6) is 0 Å². The van der Waals surface area contributed by atoms with Gasteiger partial charge in [0.2, 0.25) is 0 Å². The first kappa shape index (κ1) is 16.7. The summed E-state index contributed by atoms with van der Waals surface area (Å²) in [6, 6.07) is 6.42. The fourth-order valence-electron chi connectivity index (χ4n) is 3.67. The number of allylic oxidation sites excluding steroid dienone is 1. The highest BCUT2D eigenvalue weighted by Gasteiger charge is 2.41. The second-order valence-electron chi connectivity index (χ2n) is 6.64. The second kappa shape index (κ2) is 6.75. The molecule has 2 aliphatic rings. The minimum Gasteiger partial charge on any atom is -0.466 e. The van der Waals surface area contributed by atoms with E-state index in [1.807, 2.05) is 13.8 Å². The molecule has 3 rings (SSSR count). The SMILES string of the molecule is COC(=O)C1=C(C(C)C)NC2=NCCCC2C1c1ccc(F)cc1. The van der Waals surface area contributed by atoms with Gasteiger partial charge in [0, 0.05) is 24.1 Å². The molecule has 2 unspecified atom stereocenters. The van der Waals surface area contributed by atoms with Gasteiger partial charge in [0.1, 0.15) is 11.7 Å². The van der Waals surface area contributed by atoms with Crippen LogP contribution in [0.3, 0.4) is 0 Å². The van der Waals surface area contributed by atoms with E-state index >= 15 is 0 Å². The van der Waals surface area contributed by atoms with Crippen molar-refractivity contribution in [2.75, 3.05) is 13.7 Å². The van der Waals surface area contributed by atoms with Crippen LogP contribution in [0.15, 0.2) is 40.5 Å². The summed E-state index contributed by atoms with van der Waals surface area (Å²) in [5.41, 5.74) is 2.43. The van der Waals surface area contributed by atoms with Crippen LogP contribution in [-0.4, -0.2) is 25.5 Å². The van der Waals surface area contributed by atoms with E-state index in [4.69, 9.17) is 4.74 Å². The number of nitrogens with one attached hydrogen (secondary N) is 1. The van der Waals surface area contributed by atoms with Crippen LogP contribution < -0.4 is 5.32 Å². The highest BCUT2D eigenvalue weighted by Crippen LogP contribution is 2.42. The number of halogens is 1. The van der Waals surface area contributed by atoms with E-state index in [-0.39, 0.29) is 29.5 Å². The van der Waals surface area contributed by atoms with Crippen LogP contribution in [0.1, 0.15) is 38.2 Å². The van der Waals surface area contributed by atoms with Crippen molar-refractivity contribution in [3.8, 4) is 0 Å². The molecular weight excluding hydrogens is 307 g/mol. The van der Waals surface area contributed by atoms with Crippen molar-refractivity contribution in [3.05, 3.63) is 46.9 Å². The topological polar surface area (TPSA) is 50.7 Å². The van der Waals surface area contributed by atoms with E-state index in [1.54, 1.807) is 12.1 Å². The van der Waals surface area contributed by atoms with E-state index in [9.17, 15) is 9.18 Å². The molecule has 4 nitrogen and oxygen atoms in total. The van der Waals surface area contributed by atoms with Crippen molar-refractivity contribution >= 4 is 11.8 Å². The van der Waals surface area contributed by atoms with Crippen LogP contribution >= 0.6 is 0 Å². The standard InChI is InChI=1S/C19H23FN2O2/c1-11(2)17-16(19(23)24-3)15(12-6-8-13(20)9-7-12)14-5-4-10-21-18(14)22-17/h6-9,11,14-15H,4-5,10H2,1-3H3,(H,21,22).